The third-order valence-corrected chi connectivity index (χ3v) is 7.37. The largest absolute Gasteiger partial charge is 0.495 e. The number of fused-ring (bicyclic) bond motifs is 5. The number of nitrogens with zero attached hydrogens (tertiary/aromatic N) is 3. The zero-order chi connectivity index (χ0) is 23.6. The second kappa shape index (κ2) is 7.73. The topological polar surface area (TPSA) is 37.4 Å². The first-order chi connectivity index (χ1) is 16.3. The molecular weight excluding hydrogens is 447 g/mol. The van der Waals surface area contributed by atoms with Crippen LogP contribution in [0.4, 0.5) is 18.9 Å². The van der Waals surface area contributed by atoms with Gasteiger partial charge < -0.3 is 24.0 Å². The van der Waals surface area contributed by atoms with Crippen molar-refractivity contribution < 1.29 is 27.4 Å². The number of hydrogen-bond acceptors (Lipinski definition) is 6. The molecule has 6 nitrogen and oxygen atoms in total. The normalized spacial score (nSPS) is 21.6. The Morgan fingerprint density at radius 1 is 1.00 bits per heavy atom. The molecule has 0 saturated carbocycles. The van der Waals surface area contributed by atoms with Crippen molar-refractivity contribution >= 4 is 17.5 Å². The summed E-state index contributed by atoms with van der Waals surface area (Å²) in [6.45, 7) is 3.72. The smallest absolute Gasteiger partial charge is 0.460 e. The summed E-state index contributed by atoms with van der Waals surface area (Å²) < 4.78 is 56.5. The number of anilines is 1. The number of alkyl halides is 3. The van der Waals surface area contributed by atoms with Crippen molar-refractivity contribution in [1.82, 2.24) is 9.80 Å². The minimum Gasteiger partial charge on any atom is -0.495 e. The van der Waals surface area contributed by atoms with Gasteiger partial charge in [0, 0.05) is 49.5 Å². The van der Waals surface area contributed by atoms with Crippen LogP contribution in [0.25, 0.3) is 11.8 Å². The Labute approximate surface area is 196 Å². The van der Waals surface area contributed by atoms with Crippen molar-refractivity contribution in [2.24, 2.45) is 0 Å². The molecule has 4 aliphatic heterocycles. The van der Waals surface area contributed by atoms with Crippen LogP contribution in [0.3, 0.4) is 0 Å². The molecule has 0 aliphatic carbocycles. The molecule has 9 heteroatoms. The fourth-order valence-electron chi connectivity index (χ4n) is 5.65. The zero-order valence-electron chi connectivity index (χ0n) is 19.1. The molecule has 6 rings (SSSR count). The Morgan fingerprint density at radius 3 is 2.44 bits per heavy atom. The third kappa shape index (κ3) is 3.28. The van der Waals surface area contributed by atoms with E-state index in [1.54, 1.807) is 7.11 Å². The highest BCUT2D eigenvalue weighted by molar-refractivity contribution is 5.89. The Balaban J connectivity index is 1.42. The Morgan fingerprint density at radius 2 is 1.74 bits per heavy atom. The number of rotatable bonds is 2. The predicted molar refractivity (Wildman–Crippen MR) is 122 cm³/mol. The van der Waals surface area contributed by atoms with Crippen LogP contribution >= 0.6 is 0 Å². The highest BCUT2D eigenvalue weighted by Crippen LogP contribution is 2.50. The van der Waals surface area contributed by atoms with Crippen LogP contribution in [0.2, 0.25) is 0 Å². The van der Waals surface area contributed by atoms with Gasteiger partial charge in [0.2, 0.25) is 6.79 Å². The molecule has 0 aromatic heterocycles. The van der Waals surface area contributed by atoms with Gasteiger partial charge in [-0.15, -0.1) is 0 Å². The van der Waals surface area contributed by atoms with Crippen LogP contribution < -0.4 is 19.1 Å². The van der Waals surface area contributed by atoms with Crippen molar-refractivity contribution in [3.05, 3.63) is 46.5 Å². The number of methoxy groups -OCH3 is 1. The first-order valence-corrected chi connectivity index (χ1v) is 11.5. The number of benzene rings is 2. The molecule has 2 aromatic carbocycles. The molecule has 0 amide bonds. The molecule has 1 saturated heterocycles. The molecule has 0 unspecified atom stereocenters. The van der Waals surface area contributed by atoms with Gasteiger partial charge in [0.1, 0.15) is 5.75 Å². The molecule has 0 spiro atoms. The lowest BCUT2D eigenvalue weighted by Gasteiger charge is -2.44. The maximum atomic E-state index is 13.2. The molecule has 34 heavy (non-hydrogen) atoms. The van der Waals surface area contributed by atoms with E-state index in [1.807, 2.05) is 17.0 Å². The van der Waals surface area contributed by atoms with Gasteiger partial charge in [0.15, 0.2) is 11.5 Å². The van der Waals surface area contributed by atoms with Gasteiger partial charge in [0.05, 0.1) is 18.8 Å². The number of hydrogen-bond donors (Lipinski definition) is 0. The number of halogens is 3. The number of piperazine rings is 1. The minimum atomic E-state index is -4.30. The van der Waals surface area contributed by atoms with Crippen molar-refractivity contribution in [2.75, 3.05) is 51.5 Å². The van der Waals surface area contributed by atoms with E-state index >= 15 is 0 Å². The Bertz CT molecular complexity index is 1170. The summed E-state index contributed by atoms with van der Waals surface area (Å²) in [6, 6.07) is 8.15. The second-order valence-electron chi connectivity index (χ2n) is 9.07. The summed E-state index contributed by atoms with van der Waals surface area (Å²) in [7, 11) is 1.62. The van der Waals surface area contributed by atoms with E-state index in [-0.39, 0.29) is 25.9 Å². The molecule has 0 N–H and O–H groups in total. The van der Waals surface area contributed by atoms with Crippen LogP contribution in [-0.4, -0.2) is 62.7 Å². The van der Waals surface area contributed by atoms with E-state index in [4.69, 9.17) is 14.2 Å². The first-order valence-electron chi connectivity index (χ1n) is 11.5. The van der Waals surface area contributed by atoms with E-state index < -0.39 is 6.30 Å². The maximum absolute atomic E-state index is 13.2. The highest BCUT2D eigenvalue weighted by atomic mass is 19.4. The van der Waals surface area contributed by atoms with E-state index in [0.717, 1.165) is 52.5 Å². The van der Waals surface area contributed by atoms with Crippen LogP contribution in [0.15, 0.2) is 24.3 Å². The molecule has 180 valence electrons. The van der Waals surface area contributed by atoms with Crippen molar-refractivity contribution in [3.63, 3.8) is 0 Å². The van der Waals surface area contributed by atoms with Gasteiger partial charge in [-0.3, -0.25) is 0 Å². The van der Waals surface area contributed by atoms with Crippen molar-refractivity contribution in [3.8, 4) is 17.2 Å². The molecule has 0 bridgehead atoms. The average molecular weight is 473 g/mol. The van der Waals surface area contributed by atoms with Gasteiger partial charge >= 0.3 is 6.30 Å². The van der Waals surface area contributed by atoms with Gasteiger partial charge in [-0.05, 0) is 48.7 Å². The minimum absolute atomic E-state index is 0.0410. The van der Waals surface area contributed by atoms with Gasteiger partial charge in [-0.2, -0.15) is 13.2 Å². The van der Waals surface area contributed by atoms with Crippen LogP contribution in [0, 0.1) is 0 Å². The summed E-state index contributed by atoms with van der Waals surface area (Å²) in [6.07, 6.45) is -1.23. The zero-order valence-corrected chi connectivity index (χ0v) is 19.1. The lowest BCUT2D eigenvalue weighted by Crippen LogP contribution is -2.52. The third-order valence-electron chi connectivity index (χ3n) is 7.37. The Kier molecular flexibility index (Phi) is 4.88. The van der Waals surface area contributed by atoms with Gasteiger partial charge in [-0.1, -0.05) is 6.07 Å². The first kappa shape index (κ1) is 21.5. The monoisotopic (exact) mass is 473 g/mol. The van der Waals surface area contributed by atoms with Gasteiger partial charge in [-0.25, -0.2) is 4.90 Å². The molecule has 4 aliphatic rings. The lowest BCUT2D eigenvalue weighted by molar-refractivity contribution is -0.246. The van der Waals surface area contributed by atoms with Gasteiger partial charge in [0.25, 0.3) is 0 Å². The van der Waals surface area contributed by atoms with Crippen molar-refractivity contribution in [1.29, 1.82) is 0 Å². The molecule has 4 heterocycles. The van der Waals surface area contributed by atoms with Crippen LogP contribution in [0.1, 0.15) is 35.2 Å². The average Bonchev–Trinajstić information content (AvgIpc) is 3.29. The highest BCUT2D eigenvalue weighted by Gasteiger charge is 2.40. The van der Waals surface area contributed by atoms with Crippen molar-refractivity contribution in [2.45, 2.75) is 25.7 Å². The summed E-state index contributed by atoms with van der Waals surface area (Å²) in [5.74, 6) is 2.25. The standard InChI is InChI=1S/C25H26F3N3O3/c1-15-23-17(3-4-20(32-2)24(23)29-7-9-30(10-8-29)25(26,27)28)11-19-18-13-22-21(33-14-34-22)12-16(18)5-6-31(15)19/h3-4,11-13,15H,5-10,14H2,1-2H3/t15-/m0/s1. The molecule has 1 atom stereocenters. The van der Waals surface area contributed by atoms with Crippen LogP contribution in [-0.2, 0) is 6.42 Å². The molecule has 0 radical (unpaired) electrons. The maximum Gasteiger partial charge on any atom is 0.460 e. The van der Waals surface area contributed by atoms with E-state index in [0.29, 0.717) is 23.7 Å². The summed E-state index contributed by atoms with van der Waals surface area (Å²) in [4.78, 5) is 5.01. The Hall–Kier alpha value is -3.07. The fourth-order valence-corrected chi connectivity index (χ4v) is 5.65. The predicted octanol–water partition coefficient (Wildman–Crippen LogP) is 4.50. The quantitative estimate of drug-likeness (QED) is 0.599. The summed E-state index contributed by atoms with van der Waals surface area (Å²) in [5.41, 5.74) is 6.59. The lowest BCUT2D eigenvalue weighted by atomic mass is 9.86. The van der Waals surface area contributed by atoms with Crippen LogP contribution in [0.5, 0.6) is 17.2 Å². The SMILES string of the molecule is COc1ccc2c(c1N1CCN(C(F)(F)F)CC1)[C@H](C)N1CCc3cc4c(cc3C1=C2)OCO4. The molecule has 2 aromatic rings. The fraction of sp³-hybridized carbons (Fsp3) is 0.440. The second-order valence-corrected chi connectivity index (χ2v) is 9.07. The summed E-state index contributed by atoms with van der Waals surface area (Å²) >= 11 is 0. The van der Waals surface area contributed by atoms with E-state index in [2.05, 4.69) is 30.0 Å². The molecule has 1 fully saturated rings. The summed E-state index contributed by atoms with van der Waals surface area (Å²) in [5, 5.41) is 0. The number of ether oxygens (including phenoxy) is 3. The van der Waals surface area contributed by atoms with E-state index in [1.165, 1.54) is 5.56 Å². The molecular formula is C25H26F3N3O3. The van der Waals surface area contributed by atoms with E-state index in [9.17, 15) is 13.2 Å².